The van der Waals surface area contributed by atoms with Gasteiger partial charge in [-0.2, -0.15) is 0 Å². The summed E-state index contributed by atoms with van der Waals surface area (Å²) in [5, 5.41) is 36.3. The van der Waals surface area contributed by atoms with Gasteiger partial charge in [-0.05, 0) is 12.0 Å². The van der Waals surface area contributed by atoms with E-state index in [1.165, 1.54) is 6.07 Å². The molecular formula is C11H14O5. The van der Waals surface area contributed by atoms with Crippen LogP contribution in [0, 0.1) is 0 Å². The molecule has 0 spiro atoms. The lowest BCUT2D eigenvalue weighted by Gasteiger charge is -2.15. The third-order valence-electron chi connectivity index (χ3n) is 2.26. The number of aliphatic hydroxyl groups is 3. The zero-order valence-corrected chi connectivity index (χ0v) is 8.58. The molecule has 1 atom stereocenters. The Labute approximate surface area is 92.6 Å². The van der Waals surface area contributed by atoms with Crippen LogP contribution < -0.4 is 0 Å². The molecule has 4 N–H and O–H groups in total. The number of aliphatic hydroxyl groups excluding tert-OH is 2. The summed E-state index contributed by atoms with van der Waals surface area (Å²) in [4.78, 5) is 10.3. The summed E-state index contributed by atoms with van der Waals surface area (Å²) >= 11 is 0. The maximum Gasteiger partial charge on any atom is 0.303 e. The van der Waals surface area contributed by atoms with E-state index in [4.69, 9.17) is 15.3 Å². The Kier molecular flexibility index (Phi) is 4.42. The fourth-order valence-corrected chi connectivity index (χ4v) is 1.47. The minimum atomic E-state index is -1.67. The Balaban J connectivity index is 2.81. The molecule has 0 fully saturated rings. The van der Waals surface area contributed by atoms with Crippen LogP contribution >= 0.6 is 0 Å². The Morgan fingerprint density at radius 2 is 1.69 bits per heavy atom. The van der Waals surface area contributed by atoms with E-state index in [1.54, 1.807) is 18.2 Å². The highest BCUT2D eigenvalue weighted by Gasteiger charge is 2.16. The summed E-state index contributed by atoms with van der Waals surface area (Å²) in [6.07, 6.45) is -2.81. The number of rotatable bonds is 5. The van der Waals surface area contributed by atoms with Gasteiger partial charge in [-0.3, -0.25) is 4.79 Å². The summed E-state index contributed by atoms with van der Waals surface area (Å²) < 4.78 is 0. The van der Waals surface area contributed by atoms with Crippen LogP contribution in [0.1, 0.15) is 36.4 Å². The molecule has 0 aliphatic rings. The molecule has 0 saturated heterocycles. The molecule has 88 valence electrons. The van der Waals surface area contributed by atoms with Gasteiger partial charge in [0.15, 0.2) is 6.29 Å². The average Bonchev–Trinajstić information content (AvgIpc) is 2.25. The van der Waals surface area contributed by atoms with E-state index < -0.39 is 18.4 Å². The number of benzene rings is 1. The minimum absolute atomic E-state index is 0.0407. The Morgan fingerprint density at radius 3 is 2.19 bits per heavy atom. The first-order chi connectivity index (χ1) is 7.52. The standard InChI is InChI=1S/C11H14O5/c12-9(5-6-10(13)14)7-3-1-2-4-8(7)11(15)16/h1-4,9,11-12,15-16H,5-6H2,(H,13,14). The zero-order chi connectivity index (χ0) is 12.1. The first-order valence-corrected chi connectivity index (χ1v) is 4.87. The van der Waals surface area contributed by atoms with E-state index in [2.05, 4.69) is 0 Å². The molecule has 0 aromatic heterocycles. The van der Waals surface area contributed by atoms with Crippen molar-refractivity contribution in [2.45, 2.75) is 25.2 Å². The quantitative estimate of drug-likeness (QED) is 0.550. The lowest BCUT2D eigenvalue weighted by Crippen LogP contribution is -2.07. The van der Waals surface area contributed by atoms with E-state index in [0.717, 1.165) is 0 Å². The largest absolute Gasteiger partial charge is 0.481 e. The molecule has 0 radical (unpaired) electrons. The number of carboxylic acids is 1. The highest BCUT2D eigenvalue weighted by molar-refractivity contribution is 5.66. The summed E-state index contributed by atoms with van der Waals surface area (Å²) in [5.74, 6) is -0.999. The van der Waals surface area contributed by atoms with Crippen molar-refractivity contribution in [3.8, 4) is 0 Å². The minimum Gasteiger partial charge on any atom is -0.481 e. The first-order valence-electron chi connectivity index (χ1n) is 4.87. The molecule has 16 heavy (non-hydrogen) atoms. The lowest BCUT2D eigenvalue weighted by atomic mass is 9.99. The Hall–Kier alpha value is -1.43. The molecular weight excluding hydrogens is 212 g/mol. The van der Waals surface area contributed by atoms with E-state index in [1.807, 2.05) is 0 Å². The van der Waals surface area contributed by atoms with Gasteiger partial charge in [0.25, 0.3) is 0 Å². The van der Waals surface area contributed by atoms with Gasteiger partial charge in [-0.15, -0.1) is 0 Å². The van der Waals surface area contributed by atoms with Gasteiger partial charge in [0.1, 0.15) is 0 Å². The highest BCUT2D eigenvalue weighted by Crippen LogP contribution is 2.25. The third-order valence-corrected chi connectivity index (χ3v) is 2.26. The second-order valence-corrected chi connectivity index (χ2v) is 3.45. The smallest absolute Gasteiger partial charge is 0.303 e. The van der Waals surface area contributed by atoms with Crippen molar-refractivity contribution in [3.63, 3.8) is 0 Å². The van der Waals surface area contributed by atoms with Crippen LogP contribution in [0.3, 0.4) is 0 Å². The van der Waals surface area contributed by atoms with Gasteiger partial charge >= 0.3 is 5.97 Å². The van der Waals surface area contributed by atoms with Crippen molar-refractivity contribution in [1.82, 2.24) is 0 Å². The molecule has 0 aliphatic heterocycles. The maximum atomic E-state index is 10.3. The van der Waals surface area contributed by atoms with Gasteiger partial charge in [0, 0.05) is 12.0 Å². The predicted molar refractivity (Wildman–Crippen MR) is 55.5 cm³/mol. The van der Waals surface area contributed by atoms with Crippen molar-refractivity contribution >= 4 is 5.97 Å². The lowest BCUT2D eigenvalue weighted by molar-refractivity contribution is -0.137. The molecule has 1 aromatic carbocycles. The van der Waals surface area contributed by atoms with Crippen LogP contribution in [-0.4, -0.2) is 26.4 Å². The Morgan fingerprint density at radius 1 is 1.12 bits per heavy atom. The summed E-state index contributed by atoms with van der Waals surface area (Å²) in [5.41, 5.74) is 0.541. The summed E-state index contributed by atoms with van der Waals surface area (Å²) in [6, 6.07) is 6.28. The van der Waals surface area contributed by atoms with Crippen LogP contribution in [0.4, 0.5) is 0 Å². The van der Waals surface area contributed by atoms with Crippen LogP contribution in [0.5, 0.6) is 0 Å². The Bertz CT molecular complexity index is 361. The van der Waals surface area contributed by atoms with Gasteiger partial charge in [-0.25, -0.2) is 0 Å². The van der Waals surface area contributed by atoms with E-state index >= 15 is 0 Å². The number of hydrogen-bond acceptors (Lipinski definition) is 4. The van der Waals surface area contributed by atoms with Crippen LogP contribution in [0.25, 0.3) is 0 Å². The SMILES string of the molecule is O=C(O)CCC(O)c1ccccc1C(O)O. The average molecular weight is 226 g/mol. The second kappa shape index (κ2) is 5.60. The topological polar surface area (TPSA) is 98.0 Å². The van der Waals surface area contributed by atoms with E-state index in [9.17, 15) is 9.90 Å². The number of carbonyl (C=O) groups is 1. The molecule has 0 heterocycles. The summed E-state index contributed by atoms with van der Waals surface area (Å²) in [7, 11) is 0. The number of aliphatic carboxylic acids is 1. The number of carboxylic acid groups (broad SMARTS) is 1. The molecule has 5 heteroatoms. The van der Waals surface area contributed by atoms with Crippen LogP contribution in [-0.2, 0) is 4.79 Å². The molecule has 0 aliphatic carbocycles. The third kappa shape index (κ3) is 3.30. The fraction of sp³-hybridized carbons (Fsp3) is 0.364. The van der Waals surface area contributed by atoms with E-state index in [0.29, 0.717) is 5.56 Å². The van der Waals surface area contributed by atoms with Crippen molar-refractivity contribution in [3.05, 3.63) is 35.4 Å². The molecule has 1 rings (SSSR count). The zero-order valence-electron chi connectivity index (χ0n) is 8.58. The van der Waals surface area contributed by atoms with Crippen molar-refractivity contribution in [1.29, 1.82) is 0 Å². The van der Waals surface area contributed by atoms with Crippen molar-refractivity contribution in [2.24, 2.45) is 0 Å². The molecule has 0 saturated carbocycles. The monoisotopic (exact) mass is 226 g/mol. The first kappa shape index (κ1) is 12.6. The molecule has 5 nitrogen and oxygen atoms in total. The predicted octanol–water partition coefficient (Wildman–Crippen LogP) is 0.568. The molecule has 0 amide bonds. The van der Waals surface area contributed by atoms with Crippen molar-refractivity contribution < 1.29 is 25.2 Å². The molecule has 1 aromatic rings. The molecule has 0 bridgehead atoms. The maximum absolute atomic E-state index is 10.3. The highest BCUT2D eigenvalue weighted by atomic mass is 16.5. The van der Waals surface area contributed by atoms with Gasteiger partial charge in [0.05, 0.1) is 6.10 Å². The van der Waals surface area contributed by atoms with Gasteiger partial charge < -0.3 is 20.4 Å². The van der Waals surface area contributed by atoms with E-state index in [-0.39, 0.29) is 18.4 Å². The van der Waals surface area contributed by atoms with Crippen LogP contribution in [0.15, 0.2) is 24.3 Å². The normalized spacial score (nSPS) is 12.8. The van der Waals surface area contributed by atoms with Gasteiger partial charge in [0.2, 0.25) is 0 Å². The van der Waals surface area contributed by atoms with Crippen LogP contribution in [0.2, 0.25) is 0 Å². The molecule has 1 unspecified atom stereocenters. The summed E-state index contributed by atoms with van der Waals surface area (Å²) in [6.45, 7) is 0. The number of hydrogen-bond donors (Lipinski definition) is 4. The fourth-order valence-electron chi connectivity index (χ4n) is 1.47. The second-order valence-electron chi connectivity index (χ2n) is 3.45. The van der Waals surface area contributed by atoms with Gasteiger partial charge in [-0.1, -0.05) is 24.3 Å². The van der Waals surface area contributed by atoms with Crippen molar-refractivity contribution in [2.75, 3.05) is 0 Å².